The zero-order valence-electron chi connectivity index (χ0n) is 14.5. The molecular weight excluding hydrogens is 307 g/mol. The molecule has 1 rings (SSSR count). The Kier molecular flexibility index (Phi) is 7.77. The van der Waals surface area contributed by atoms with Gasteiger partial charge in [0.2, 0.25) is 0 Å². The summed E-state index contributed by atoms with van der Waals surface area (Å²) >= 11 is 0. The van der Waals surface area contributed by atoms with Crippen LogP contribution in [0.3, 0.4) is 0 Å². The number of hydrogen-bond acceptors (Lipinski definition) is 2. The monoisotopic (exact) mass is 336 g/mol. The number of benzene rings is 1. The highest BCUT2D eigenvalue weighted by Crippen LogP contribution is 2.41. The van der Waals surface area contributed by atoms with Crippen molar-refractivity contribution in [3.8, 4) is 5.75 Å². The van der Waals surface area contributed by atoms with Crippen molar-refractivity contribution in [3.05, 3.63) is 55.6 Å². The third-order valence-electron chi connectivity index (χ3n) is 3.56. The maximum Gasteiger partial charge on any atom is 0.391 e. The van der Waals surface area contributed by atoms with Gasteiger partial charge < -0.3 is 4.52 Å². The molecule has 128 valence electrons. The van der Waals surface area contributed by atoms with E-state index in [1.165, 1.54) is 0 Å². The van der Waals surface area contributed by atoms with Crippen molar-refractivity contribution in [1.29, 1.82) is 0 Å². The molecule has 0 amide bonds. The molecule has 0 saturated carbocycles. The maximum atomic E-state index is 13.4. The summed E-state index contributed by atoms with van der Waals surface area (Å²) < 4.78 is 19.2. The Bertz CT molecular complexity index is 517. The molecule has 2 N–H and O–H groups in total. The minimum absolute atomic E-state index is 0.130. The summed E-state index contributed by atoms with van der Waals surface area (Å²) in [6.45, 7) is 15.8. The number of hydrogen-bond donors (Lipinski definition) is 2. The van der Waals surface area contributed by atoms with Gasteiger partial charge in [0.1, 0.15) is 5.75 Å². The summed E-state index contributed by atoms with van der Waals surface area (Å²) in [6.07, 6.45) is 3.51. The molecule has 5 heteroatoms. The molecule has 0 bridgehead atoms. The van der Waals surface area contributed by atoms with E-state index in [1.54, 1.807) is 24.3 Å². The van der Waals surface area contributed by atoms with E-state index < -0.39 is 7.67 Å². The minimum Gasteiger partial charge on any atom is -0.422 e. The first kappa shape index (κ1) is 19.7. The third-order valence-corrected chi connectivity index (χ3v) is 5.30. The van der Waals surface area contributed by atoms with Crippen LogP contribution in [0.5, 0.6) is 5.75 Å². The zero-order valence-corrected chi connectivity index (χ0v) is 15.4. The van der Waals surface area contributed by atoms with Crippen LogP contribution < -0.4 is 14.7 Å². The number of para-hydroxylation sites is 1. The lowest BCUT2D eigenvalue weighted by Gasteiger charge is -2.30. The average molecular weight is 336 g/mol. The van der Waals surface area contributed by atoms with Crippen LogP contribution in [0.2, 0.25) is 0 Å². The molecule has 0 unspecified atom stereocenters. The van der Waals surface area contributed by atoms with Crippen molar-refractivity contribution >= 4 is 7.67 Å². The van der Waals surface area contributed by atoms with Crippen molar-refractivity contribution in [1.82, 2.24) is 10.2 Å². The summed E-state index contributed by atoms with van der Waals surface area (Å²) in [5, 5.41) is 6.21. The van der Waals surface area contributed by atoms with E-state index in [2.05, 4.69) is 23.3 Å². The Hall–Kier alpha value is -1.35. The topological polar surface area (TPSA) is 50.4 Å². The van der Waals surface area contributed by atoms with Crippen LogP contribution in [-0.4, -0.2) is 12.1 Å². The fraction of sp³-hybridized carbons (Fsp3) is 0.444. The summed E-state index contributed by atoms with van der Waals surface area (Å²) in [5.74, 6) is 1.03. The molecule has 0 aliphatic rings. The second-order valence-corrected chi connectivity index (χ2v) is 8.03. The molecule has 2 atom stereocenters. The minimum atomic E-state index is -3.34. The van der Waals surface area contributed by atoms with Crippen molar-refractivity contribution in [3.63, 3.8) is 0 Å². The van der Waals surface area contributed by atoms with Gasteiger partial charge in [-0.3, -0.25) is 0 Å². The fourth-order valence-electron chi connectivity index (χ4n) is 2.06. The fourth-order valence-corrected chi connectivity index (χ4v) is 4.25. The predicted molar refractivity (Wildman–Crippen MR) is 98.6 cm³/mol. The molecule has 0 aliphatic heterocycles. The highest BCUT2D eigenvalue weighted by molar-refractivity contribution is 7.55. The van der Waals surface area contributed by atoms with Gasteiger partial charge in [-0.05, 0) is 24.0 Å². The standard InChI is InChI=1S/C18H29N2O2P/c1-7-17(14(3)4)19-23(21,20-18(8-2)15(5)6)22-16-12-10-9-11-13-16/h7-15,17-18H,1-2H2,3-6H3,(H2,19,20,21)/t17-,18-/m0/s1. The van der Waals surface area contributed by atoms with Gasteiger partial charge in [-0.25, -0.2) is 14.7 Å². The molecule has 23 heavy (non-hydrogen) atoms. The quantitative estimate of drug-likeness (QED) is 0.477. The largest absolute Gasteiger partial charge is 0.422 e. The van der Waals surface area contributed by atoms with Gasteiger partial charge in [0.05, 0.1) is 0 Å². The lowest BCUT2D eigenvalue weighted by molar-refractivity contribution is 0.407. The molecule has 0 saturated heterocycles. The molecule has 0 spiro atoms. The molecule has 0 aromatic heterocycles. The van der Waals surface area contributed by atoms with Crippen molar-refractivity contribution in [2.45, 2.75) is 39.8 Å². The van der Waals surface area contributed by atoms with E-state index >= 15 is 0 Å². The van der Waals surface area contributed by atoms with Crippen molar-refractivity contribution in [2.24, 2.45) is 11.8 Å². The van der Waals surface area contributed by atoms with Gasteiger partial charge >= 0.3 is 7.67 Å². The lowest BCUT2D eigenvalue weighted by atomic mass is 10.1. The molecule has 1 aromatic carbocycles. The molecular formula is C18H29N2O2P. The lowest BCUT2D eigenvalue weighted by Crippen LogP contribution is -2.40. The van der Waals surface area contributed by atoms with Gasteiger partial charge in [0, 0.05) is 12.1 Å². The predicted octanol–water partition coefficient (Wildman–Crippen LogP) is 4.77. The molecule has 1 aromatic rings. The Morgan fingerprint density at radius 1 is 0.957 bits per heavy atom. The molecule has 0 radical (unpaired) electrons. The van der Waals surface area contributed by atoms with E-state index in [0.29, 0.717) is 5.75 Å². The molecule has 0 heterocycles. The highest BCUT2D eigenvalue weighted by atomic mass is 31.2. The Morgan fingerprint density at radius 3 is 1.74 bits per heavy atom. The molecule has 0 fully saturated rings. The summed E-state index contributed by atoms with van der Waals surface area (Å²) in [5.41, 5.74) is 0. The first-order chi connectivity index (χ1) is 10.8. The van der Waals surface area contributed by atoms with Crippen LogP contribution in [0.25, 0.3) is 0 Å². The van der Waals surface area contributed by atoms with Crippen LogP contribution in [0.1, 0.15) is 27.7 Å². The van der Waals surface area contributed by atoms with Crippen LogP contribution in [-0.2, 0) is 4.57 Å². The van der Waals surface area contributed by atoms with E-state index in [1.807, 2.05) is 45.9 Å². The van der Waals surface area contributed by atoms with E-state index in [-0.39, 0.29) is 23.9 Å². The van der Waals surface area contributed by atoms with Gasteiger partial charge in [0.25, 0.3) is 0 Å². The number of rotatable bonds is 10. The highest BCUT2D eigenvalue weighted by Gasteiger charge is 2.31. The van der Waals surface area contributed by atoms with Crippen LogP contribution in [0, 0.1) is 11.8 Å². The Labute approximate surface area is 140 Å². The Balaban J connectivity index is 3.05. The maximum absolute atomic E-state index is 13.4. The zero-order chi connectivity index (χ0) is 17.5. The normalized spacial score (nSPS) is 14.5. The van der Waals surface area contributed by atoms with Gasteiger partial charge in [-0.15, -0.1) is 13.2 Å². The molecule has 4 nitrogen and oxygen atoms in total. The smallest absolute Gasteiger partial charge is 0.391 e. The Morgan fingerprint density at radius 2 is 1.39 bits per heavy atom. The average Bonchev–Trinajstić information content (AvgIpc) is 2.51. The van der Waals surface area contributed by atoms with Crippen LogP contribution in [0.4, 0.5) is 0 Å². The molecule has 0 aliphatic carbocycles. The van der Waals surface area contributed by atoms with E-state index in [9.17, 15) is 4.57 Å². The van der Waals surface area contributed by atoms with Crippen LogP contribution >= 0.6 is 7.67 Å². The van der Waals surface area contributed by atoms with Crippen molar-refractivity contribution in [2.75, 3.05) is 0 Å². The van der Waals surface area contributed by atoms with Gasteiger partial charge in [-0.1, -0.05) is 58.0 Å². The second kappa shape index (κ2) is 9.07. The number of nitrogens with one attached hydrogen (secondary N) is 2. The third kappa shape index (κ3) is 6.34. The van der Waals surface area contributed by atoms with Gasteiger partial charge in [0.15, 0.2) is 0 Å². The summed E-state index contributed by atoms with van der Waals surface area (Å²) in [4.78, 5) is 0. The van der Waals surface area contributed by atoms with Crippen molar-refractivity contribution < 1.29 is 9.09 Å². The SMILES string of the molecule is C=C[C@H](NP(=O)(N[C@@H](C=C)C(C)C)Oc1ccccc1)C(C)C. The van der Waals surface area contributed by atoms with E-state index in [4.69, 9.17) is 4.52 Å². The first-order valence-electron chi connectivity index (χ1n) is 7.96. The van der Waals surface area contributed by atoms with E-state index in [0.717, 1.165) is 0 Å². The second-order valence-electron chi connectivity index (χ2n) is 6.23. The van der Waals surface area contributed by atoms with Gasteiger partial charge in [-0.2, -0.15) is 0 Å². The summed E-state index contributed by atoms with van der Waals surface area (Å²) in [6, 6.07) is 8.89. The first-order valence-corrected chi connectivity index (χ1v) is 9.59. The van der Waals surface area contributed by atoms with Crippen LogP contribution in [0.15, 0.2) is 55.6 Å². The summed E-state index contributed by atoms with van der Waals surface area (Å²) in [7, 11) is -3.34.